The molecule has 1 amide bonds. The topological polar surface area (TPSA) is 134 Å². The standard InChI is InChI=1S/C42H47FN6O6SSi/c1-28-36-37(51)48(42(4)25-35(50)46(5)27-42)40(52)47(39(36)56-38(28)49-44-21-22-45-49)26-34(32-24-29(43)18-19-33(32)54-6)55-23-13-20-41(2,3)57(53,30-14-9-7-10-15-30)31-16-11-8-12-17-31/h7-12,14-19,21-22,24,34,53H,13,20,23,25-27H2,1-6H3/t34-,42-/m0/s1. The summed E-state index contributed by atoms with van der Waals surface area (Å²) < 4.78 is 30.1. The molecule has 3 aromatic heterocycles. The van der Waals surface area contributed by atoms with Gasteiger partial charge in [0.1, 0.15) is 27.5 Å². The molecule has 6 aromatic rings. The van der Waals surface area contributed by atoms with E-state index in [0.717, 1.165) is 10.4 Å². The van der Waals surface area contributed by atoms with E-state index >= 15 is 4.39 Å². The summed E-state index contributed by atoms with van der Waals surface area (Å²) in [7, 11) is -0.164. The van der Waals surface area contributed by atoms with Gasteiger partial charge < -0.3 is 19.2 Å². The fraction of sp³-hybridized carbons (Fsp3) is 0.357. The molecule has 0 spiro atoms. The first-order valence-electron chi connectivity index (χ1n) is 18.9. The Hall–Kier alpha value is -5.22. The minimum Gasteiger partial charge on any atom is -0.496 e. The van der Waals surface area contributed by atoms with Crippen LogP contribution in [-0.2, 0) is 21.6 Å². The third kappa shape index (κ3) is 7.17. The Bertz CT molecular complexity index is 2480. The minimum absolute atomic E-state index is 0.0318. The van der Waals surface area contributed by atoms with Gasteiger partial charge in [-0.05, 0) is 60.3 Å². The smallest absolute Gasteiger partial charge is 0.332 e. The number of fused-ring (bicyclic) bond motifs is 1. The van der Waals surface area contributed by atoms with E-state index < -0.39 is 42.1 Å². The van der Waals surface area contributed by atoms with Gasteiger partial charge in [0.15, 0.2) is 0 Å². The van der Waals surface area contributed by atoms with E-state index in [1.807, 2.05) is 60.7 Å². The lowest BCUT2D eigenvalue weighted by Crippen LogP contribution is -2.65. The van der Waals surface area contributed by atoms with Crippen molar-refractivity contribution >= 4 is 46.2 Å². The highest BCUT2D eigenvalue weighted by molar-refractivity contribution is 7.21. The maximum absolute atomic E-state index is 15.1. The van der Waals surface area contributed by atoms with Crippen LogP contribution in [0.5, 0.6) is 5.75 Å². The van der Waals surface area contributed by atoms with Crippen molar-refractivity contribution in [3.63, 3.8) is 0 Å². The molecule has 1 saturated heterocycles. The second-order valence-corrected chi connectivity index (χ2v) is 20.6. The zero-order valence-electron chi connectivity index (χ0n) is 32.9. The highest BCUT2D eigenvalue weighted by Crippen LogP contribution is 2.41. The molecule has 1 N–H and O–H groups in total. The van der Waals surface area contributed by atoms with Crippen molar-refractivity contribution in [2.24, 2.45) is 0 Å². The summed E-state index contributed by atoms with van der Waals surface area (Å²) >= 11 is 1.19. The second kappa shape index (κ2) is 15.6. The lowest BCUT2D eigenvalue weighted by molar-refractivity contribution is -0.126. The van der Waals surface area contributed by atoms with Crippen molar-refractivity contribution in [1.29, 1.82) is 0 Å². The highest BCUT2D eigenvalue weighted by atomic mass is 32.1. The summed E-state index contributed by atoms with van der Waals surface area (Å²) in [6, 6.07) is 23.8. The van der Waals surface area contributed by atoms with Crippen molar-refractivity contribution in [3.05, 3.63) is 129 Å². The number of hydrogen-bond acceptors (Lipinski definition) is 9. The number of rotatable bonds is 14. The molecular formula is C42H47FN6O6SSi. The Morgan fingerprint density at radius 1 is 1.00 bits per heavy atom. The fourth-order valence-electron chi connectivity index (χ4n) is 8.34. The number of aryl methyl sites for hydroxylation is 1. The largest absolute Gasteiger partial charge is 0.496 e. The van der Waals surface area contributed by atoms with Crippen LogP contribution in [0.15, 0.2) is 101 Å². The molecule has 2 atom stereocenters. The van der Waals surface area contributed by atoms with Crippen molar-refractivity contribution in [3.8, 4) is 10.8 Å². The van der Waals surface area contributed by atoms with Gasteiger partial charge in [0.2, 0.25) is 5.91 Å². The predicted octanol–water partition coefficient (Wildman–Crippen LogP) is 4.91. The van der Waals surface area contributed by atoms with Gasteiger partial charge in [-0.1, -0.05) is 85.8 Å². The van der Waals surface area contributed by atoms with Crippen molar-refractivity contribution in [1.82, 2.24) is 29.0 Å². The van der Waals surface area contributed by atoms with Crippen LogP contribution in [0.25, 0.3) is 15.2 Å². The van der Waals surface area contributed by atoms with Gasteiger partial charge in [0.25, 0.3) is 13.9 Å². The van der Waals surface area contributed by atoms with Crippen LogP contribution in [0.2, 0.25) is 5.04 Å². The van der Waals surface area contributed by atoms with Crippen molar-refractivity contribution in [2.75, 3.05) is 27.3 Å². The molecule has 4 heterocycles. The summed E-state index contributed by atoms with van der Waals surface area (Å²) in [6.45, 7) is 7.95. The number of hydrogen-bond donors (Lipinski definition) is 1. The van der Waals surface area contributed by atoms with Crippen LogP contribution in [-0.4, -0.2) is 75.4 Å². The Balaban J connectivity index is 1.29. The summed E-state index contributed by atoms with van der Waals surface area (Å²) in [5, 5.41) is 10.7. The molecule has 0 bridgehead atoms. The number of carbonyl (C=O) groups excluding carboxylic acids is 1. The van der Waals surface area contributed by atoms with Gasteiger partial charge in [-0.2, -0.15) is 10.2 Å². The number of aromatic nitrogens is 5. The fourth-order valence-corrected chi connectivity index (χ4v) is 13.3. The third-order valence-electron chi connectivity index (χ3n) is 11.4. The molecular weight excluding hydrogens is 764 g/mol. The first kappa shape index (κ1) is 40.0. The molecule has 3 aromatic carbocycles. The quantitative estimate of drug-likeness (QED) is 0.121. The molecule has 0 saturated carbocycles. The van der Waals surface area contributed by atoms with E-state index in [0.29, 0.717) is 44.9 Å². The number of likely N-dealkylation sites (N-methyl/N-ethyl adjacent to an activating group) is 1. The number of nitrogens with zero attached hydrogens (tertiary/aromatic N) is 6. The van der Waals surface area contributed by atoms with Gasteiger partial charge in [0, 0.05) is 31.3 Å². The summed E-state index contributed by atoms with van der Waals surface area (Å²) in [4.78, 5) is 58.2. The van der Waals surface area contributed by atoms with Crippen LogP contribution in [0, 0.1) is 12.7 Å². The maximum Gasteiger partial charge on any atom is 0.332 e. The number of ether oxygens (including phenoxy) is 2. The number of methoxy groups -OCH3 is 1. The molecule has 1 aliphatic rings. The van der Waals surface area contributed by atoms with Gasteiger partial charge >= 0.3 is 5.69 Å². The van der Waals surface area contributed by atoms with Gasteiger partial charge in [0.05, 0.1) is 43.4 Å². The van der Waals surface area contributed by atoms with Crippen LogP contribution in [0.1, 0.15) is 57.3 Å². The molecule has 7 rings (SSSR count). The summed E-state index contributed by atoms with van der Waals surface area (Å²) in [5.74, 6) is -0.320. The summed E-state index contributed by atoms with van der Waals surface area (Å²) in [5.41, 5.74) is -1.30. The van der Waals surface area contributed by atoms with E-state index in [9.17, 15) is 19.2 Å². The van der Waals surface area contributed by atoms with E-state index in [4.69, 9.17) is 9.47 Å². The highest BCUT2D eigenvalue weighted by Gasteiger charge is 2.49. The van der Waals surface area contributed by atoms with E-state index in [1.165, 1.54) is 67.9 Å². The minimum atomic E-state index is -3.30. The number of thiophene rings is 1. The predicted molar refractivity (Wildman–Crippen MR) is 221 cm³/mol. The molecule has 1 fully saturated rings. The molecule has 15 heteroatoms. The maximum atomic E-state index is 15.1. The number of carbonyl (C=O) groups is 1. The van der Waals surface area contributed by atoms with Crippen molar-refractivity contribution < 1.29 is 23.5 Å². The monoisotopic (exact) mass is 810 g/mol. The van der Waals surface area contributed by atoms with Crippen LogP contribution in [0.4, 0.5) is 4.39 Å². The third-order valence-corrected chi connectivity index (χ3v) is 17.2. The molecule has 0 unspecified atom stereocenters. The Morgan fingerprint density at radius 2 is 1.63 bits per heavy atom. The molecule has 298 valence electrons. The zero-order valence-corrected chi connectivity index (χ0v) is 34.8. The van der Waals surface area contributed by atoms with Gasteiger partial charge in [-0.15, -0.1) is 4.80 Å². The van der Waals surface area contributed by atoms with E-state index in [2.05, 4.69) is 24.0 Å². The normalized spacial score (nSPS) is 16.8. The lowest BCUT2D eigenvalue weighted by atomic mass is 10.0. The van der Waals surface area contributed by atoms with Crippen molar-refractivity contribution in [2.45, 2.75) is 70.2 Å². The van der Waals surface area contributed by atoms with Crippen LogP contribution < -0.4 is 26.4 Å². The van der Waals surface area contributed by atoms with E-state index in [-0.39, 0.29) is 32.0 Å². The van der Waals surface area contributed by atoms with Gasteiger partial charge in [-0.25, -0.2) is 9.18 Å². The molecule has 57 heavy (non-hydrogen) atoms. The Kier molecular flexibility index (Phi) is 11.0. The molecule has 0 radical (unpaired) electrons. The number of benzene rings is 3. The van der Waals surface area contributed by atoms with Crippen LogP contribution in [0.3, 0.4) is 0 Å². The Morgan fingerprint density at radius 3 is 2.21 bits per heavy atom. The number of halogens is 1. The first-order valence-corrected chi connectivity index (χ1v) is 21.6. The van der Waals surface area contributed by atoms with Gasteiger partial charge in [-0.3, -0.25) is 18.7 Å². The van der Waals surface area contributed by atoms with E-state index in [1.54, 1.807) is 20.9 Å². The Labute approximate surface area is 334 Å². The lowest BCUT2D eigenvalue weighted by Gasteiger charge is -2.41. The molecule has 1 aliphatic heterocycles. The zero-order chi connectivity index (χ0) is 40.7. The van der Waals surface area contributed by atoms with Crippen LogP contribution >= 0.6 is 11.3 Å². The number of amides is 1. The SMILES string of the molecule is COc1ccc(F)cc1[C@H](Cn1c(=O)n([C@@]2(C)CC(=O)N(C)C2)c(=O)c2c(C)c(-n3nccn3)sc21)OCCCC(C)(C)[Si](O)(c1ccccc1)c1ccccc1. The number of likely N-dealkylation sites (tertiary alicyclic amines) is 1. The second-order valence-electron chi connectivity index (χ2n) is 15.7. The molecule has 0 aliphatic carbocycles. The average molecular weight is 811 g/mol. The summed E-state index contributed by atoms with van der Waals surface area (Å²) in [6.07, 6.45) is 3.22. The average Bonchev–Trinajstić information content (AvgIpc) is 3.92. The molecule has 12 nitrogen and oxygen atoms in total. The first-order chi connectivity index (χ1) is 27.2.